The fourth-order valence-corrected chi connectivity index (χ4v) is 10.5. The van der Waals surface area contributed by atoms with Crippen LogP contribution in [0.1, 0.15) is 72.9 Å². The molecule has 4 N–H and O–H groups in total. The number of rotatable bonds is 10. The molecular weight excluding hydrogens is 778 g/mol. The molecule has 5 aliphatic rings. The lowest BCUT2D eigenvalue weighted by molar-refractivity contribution is -0.360. The zero-order chi connectivity index (χ0) is 42.9. The molecule has 3 aromatic rings. The van der Waals surface area contributed by atoms with Crippen LogP contribution in [0.3, 0.4) is 0 Å². The van der Waals surface area contributed by atoms with Crippen molar-refractivity contribution in [2.24, 2.45) is 17.3 Å². The monoisotopic (exact) mass is 823 g/mol. The van der Waals surface area contributed by atoms with Gasteiger partial charge in [0.15, 0.2) is 23.6 Å². The SMILES string of the molecule is CC(=O)O[C@H]1C(=O)[C@@]2(C)[C@H](C(OC(=O)c3ccccc3)[C@]3(O)C[C@@]4(OC(=O)[C@H](O)[C@@H](NC(=O)c5ccccc5)c5ccccc5)C(C)=C1[C@H]34)[C@]1(OC(C)=O)CO[C@@H]1C[C@@H]2O. The summed E-state index contributed by atoms with van der Waals surface area (Å²) < 4.78 is 30.0. The molecule has 12 atom stereocenters. The number of hydrogen-bond acceptors (Lipinski definition) is 14. The van der Waals surface area contributed by atoms with E-state index in [1.54, 1.807) is 78.9 Å². The first-order chi connectivity index (χ1) is 28.5. The number of amides is 1. The van der Waals surface area contributed by atoms with Gasteiger partial charge in [-0.1, -0.05) is 66.7 Å². The fraction of sp³-hybridized carbons (Fsp3) is 0.422. The van der Waals surface area contributed by atoms with Crippen molar-refractivity contribution in [3.8, 4) is 0 Å². The second-order valence-corrected chi connectivity index (χ2v) is 16.6. The predicted octanol–water partition coefficient (Wildman–Crippen LogP) is 2.71. The number of esters is 4. The molecule has 0 bridgehead atoms. The van der Waals surface area contributed by atoms with E-state index in [0.29, 0.717) is 5.56 Å². The molecule has 1 saturated heterocycles. The van der Waals surface area contributed by atoms with Gasteiger partial charge in [0, 0.05) is 32.3 Å². The summed E-state index contributed by atoms with van der Waals surface area (Å²) in [7, 11) is 0. The molecular formula is C45H45NO14. The van der Waals surface area contributed by atoms with Crippen LogP contribution in [-0.2, 0) is 42.9 Å². The van der Waals surface area contributed by atoms with Crippen LogP contribution >= 0.6 is 0 Å². The van der Waals surface area contributed by atoms with Gasteiger partial charge in [0.1, 0.15) is 23.4 Å². The third kappa shape index (κ3) is 6.08. The van der Waals surface area contributed by atoms with Crippen molar-refractivity contribution in [3.63, 3.8) is 0 Å². The topological polar surface area (TPSA) is 221 Å². The van der Waals surface area contributed by atoms with Gasteiger partial charge in [0.25, 0.3) is 5.91 Å². The van der Waals surface area contributed by atoms with E-state index in [1.807, 2.05) is 0 Å². The summed E-state index contributed by atoms with van der Waals surface area (Å²) in [6.07, 6.45) is -8.69. The standard InChI is InChI=1S/C45H45NO14/c1-23-31-34(57-24(2)47)37(51)42(4)29(49)20-30-45(22-56-30,59-25(3)48)36(42)38(58-40(53)28-18-12-7-13-19-28)43(55)21-44(23,35(31)43)60-41(54)33(50)32(26-14-8-5-9-15-26)46-39(52)27-16-10-6-11-17-27/h5-19,29-30,32-36,38,49-50,55H,20-22H2,1-4H3,(H,46,52)/t29-,30+,32-,33+,34+,35+,36-,38?,42+,43-,44+,45-/m0/s1. The van der Waals surface area contributed by atoms with Crippen molar-refractivity contribution in [2.75, 3.05) is 6.61 Å². The van der Waals surface area contributed by atoms with Gasteiger partial charge < -0.3 is 44.3 Å². The molecule has 15 nitrogen and oxygen atoms in total. The Kier molecular flexibility index (Phi) is 10.1. The van der Waals surface area contributed by atoms with Crippen molar-refractivity contribution in [1.82, 2.24) is 5.32 Å². The number of ether oxygens (including phenoxy) is 5. The summed E-state index contributed by atoms with van der Waals surface area (Å²) in [4.78, 5) is 82.6. The van der Waals surface area contributed by atoms with E-state index in [-0.39, 0.29) is 35.3 Å². The summed E-state index contributed by atoms with van der Waals surface area (Å²) in [6.45, 7) is 4.87. The van der Waals surface area contributed by atoms with E-state index in [0.717, 1.165) is 13.8 Å². The van der Waals surface area contributed by atoms with Crippen molar-refractivity contribution >= 4 is 35.6 Å². The predicted molar refractivity (Wildman–Crippen MR) is 206 cm³/mol. The van der Waals surface area contributed by atoms with Crippen LogP contribution in [0.2, 0.25) is 0 Å². The van der Waals surface area contributed by atoms with E-state index in [1.165, 1.54) is 26.0 Å². The number of benzene rings is 3. The zero-order valence-corrected chi connectivity index (χ0v) is 33.2. The zero-order valence-electron chi connectivity index (χ0n) is 33.2. The number of carbonyl (C=O) groups excluding carboxylic acids is 6. The minimum absolute atomic E-state index is 0.0596. The quantitative estimate of drug-likeness (QED) is 0.131. The molecule has 0 radical (unpaired) electrons. The van der Waals surface area contributed by atoms with Crippen LogP contribution in [0.15, 0.2) is 102 Å². The third-order valence-electron chi connectivity index (χ3n) is 13.3. The van der Waals surface area contributed by atoms with Crippen LogP contribution in [0, 0.1) is 17.3 Å². The van der Waals surface area contributed by atoms with E-state index in [4.69, 9.17) is 23.7 Å². The van der Waals surface area contributed by atoms with Crippen molar-refractivity contribution in [2.45, 2.75) is 93.9 Å². The first-order valence-electron chi connectivity index (χ1n) is 19.7. The molecule has 0 spiro atoms. The molecule has 3 saturated carbocycles. The van der Waals surface area contributed by atoms with Crippen molar-refractivity contribution in [3.05, 3.63) is 119 Å². The molecule has 1 aliphatic heterocycles. The van der Waals surface area contributed by atoms with E-state index >= 15 is 4.79 Å². The van der Waals surface area contributed by atoms with Gasteiger partial charge in [-0.05, 0) is 54.8 Å². The van der Waals surface area contributed by atoms with Crippen LogP contribution < -0.4 is 5.32 Å². The molecule has 1 heterocycles. The van der Waals surface area contributed by atoms with Gasteiger partial charge >= 0.3 is 23.9 Å². The Hall–Kier alpha value is -5.74. The second kappa shape index (κ2) is 14.8. The molecule has 60 heavy (non-hydrogen) atoms. The van der Waals surface area contributed by atoms with Crippen molar-refractivity contribution < 1.29 is 67.8 Å². The minimum atomic E-state index is -2.24. The maximum atomic E-state index is 15.2. The second-order valence-electron chi connectivity index (χ2n) is 16.6. The normalized spacial score (nSPS) is 34.4. The average molecular weight is 824 g/mol. The Morgan fingerprint density at radius 1 is 0.850 bits per heavy atom. The number of hydrogen-bond donors (Lipinski definition) is 4. The molecule has 314 valence electrons. The average Bonchev–Trinajstić information content (AvgIpc) is 3.23. The van der Waals surface area contributed by atoms with Gasteiger partial charge in [-0.2, -0.15) is 0 Å². The first kappa shape index (κ1) is 41.0. The number of ketones is 1. The van der Waals surface area contributed by atoms with Crippen molar-refractivity contribution in [1.29, 1.82) is 0 Å². The van der Waals surface area contributed by atoms with E-state index in [2.05, 4.69) is 5.32 Å². The summed E-state index contributed by atoms with van der Waals surface area (Å²) in [5, 5.41) is 39.6. The molecule has 15 heteroatoms. The fourth-order valence-electron chi connectivity index (χ4n) is 10.5. The Bertz CT molecular complexity index is 2280. The minimum Gasteiger partial charge on any atom is -0.455 e. The van der Waals surface area contributed by atoms with Crippen LogP contribution in [0.4, 0.5) is 0 Å². The van der Waals surface area contributed by atoms with Crippen LogP contribution in [-0.4, -0.2) is 105 Å². The Morgan fingerprint density at radius 2 is 1.45 bits per heavy atom. The van der Waals surface area contributed by atoms with E-state index in [9.17, 15) is 39.3 Å². The van der Waals surface area contributed by atoms with Gasteiger partial charge in [-0.15, -0.1) is 0 Å². The molecule has 8 rings (SSSR count). The van der Waals surface area contributed by atoms with Gasteiger partial charge in [-0.3, -0.25) is 19.2 Å². The lowest BCUT2D eigenvalue weighted by Crippen LogP contribution is -2.86. The number of aliphatic hydroxyl groups is 3. The lowest BCUT2D eigenvalue weighted by atomic mass is 9.37. The van der Waals surface area contributed by atoms with Gasteiger partial charge in [0.05, 0.1) is 41.6 Å². The number of nitrogens with one attached hydrogen (secondary N) is 1. The highest BCUT2D eigenvalue weighted by atomic mass is 16.6. The number of carbonyl (C=O) groups is 6. The molecule has 0 aromatic heterocycles. The Balaban J connectivity index is 1.23. The summed E-state index contributed by atoms with van der Waals surface area (Å²) in [5.74, 6) is -8.07. The maximum absolute atomic E-state index is 15.2. The van der Waals surface area contributed by atoms with Crippen LogP contribution in [0.5, 0.6) is 0 Å². The largest absolute Gasteiger partial charge is 0.455 e. The number of fused-ring (bicyclic) bond motifs is 3. The highest BCUT2D eigenvalue weighted by molar-refractivity contribution is 5.97. The first-order valence-corrected chi connectivity index (χ1v) is 19.7. The summed E-state index contributed by atoms with van der Waals surface area (Å²) in [5.41, 5.74) is -6.72. The molecule has 1 amide bonds. The van der Waals surface area contributed by atoms with Gasteiger partial charge in [-0.25, -0.2) is 9.59 Å². The number of aliphatic hydroxyl groups excluding tert-OH is 2. The summed E-state index contributed by atoms with van der Waals surface area (Å²) in [6, 6.07) is 23.0. The third-order valence-corrected chi connectivity index (χ3v) is 13.3. The lowest BCUT2D eigenvalue weighted by Gasteiger charge is -2.73. The van der Waals surface area contributed by atoms with E-state index < -0.39 is 113 Å². The van der Waals surface area contributed by atoms with Crippen LogP contribution in [0.25, 0.3) is 0 Å². The molecule has 1 unspecified atom stereocenters. The molecule has 4 fully saturated rings. The highest BCUT2D eigenvalue weighted by Crippen LogP contribution is 2.72. The number of Topliss-reactive ketones (excluding diaryl/α,β-unsaturated/α-hetero) is 1. The maximum Gasteiger partial charge on any atom is 0.338 e. The molecule has 4 aliphatic carbocycles. The highest BCUT2D eigenvalue weighted by Gasteiger charge is 2.85. The smallest absolute Gasteiger partial charge is 0.338 e. The Morgan fingerprint density at radius 3 is 2.02 bits per heavy atom. The Labute approximate surface area is 344 Å². The van der Waals surface area contributed by atoms with Gasteiger partial charge in [0.2, 0.25) is 0 Å². The summed E-state index contributed by atoms with van der Waals surface area (Å²) >= 11 is 0. The molecule has 3 aromatic carbocycles.